The summed E-state index contributed by atoms with van der Waals surface area (Å²) in [6.07, 6.45) is -1.04. The van der Waals surface area contributed by atoms with Gasteiger partial charge in [0, 0.05) is 0 Å². The molecule has 6 nitrogen and oxygen atoms in total. The number of thiophene rings is 1. The predicted molar refractivity (Wildman–Crippen MR) is 86.2 cm³/mol. The largest absolute Gasteiger partial charge is 0.448 e. The first kappa shape index (κ1) is 18.8. The summed E-state index contributed by atoms with van der Waals surface area (Å²) in [5, 5.41) is 11.8. The summed E-state index contributed by atoms with van der Waals surface area (Å²) in [6.45, 7) is 8.09. The average molecular weight is 336 g/mol. The van der Waals surface area contributed by atoms with E-state index in [1.165, 1.54) is 19.9 Å². The monoisotopic (exact) mass is 336 g/mol. The Balaban J connectivity index is 2.73. The molecule has 1 rings (SSSR count). The summed E-state index contributed by atoms with van der Waals surface area (Å²) < 4.78 is 5.10. The Kier molecular flexibility index (Phi) is 6.05. The van der Waals surface area contributed by atoms with Crippen LogP contribution in [0, 0.1) is 17.2 Å². The number of nitrogens with zero attached hydrogens (tertiary/aromatic N) is 1. The molecule has 0 aliphatic heterocycles. The quantitative estimate of drug-likeness (QED) is 0.636. The molecule has 0 spiro atoms. The van der Waals surface area contributed by atoms with E-state index in [-0.39, 0.29) is 16.6 Å². The SMILES string of the molecule is CC(=O)c1ccc(C(=O)OC(C)C(=O)NC(C)(C#N)C(C)C)s1. The second kappa shape index (κ2) is 7.38. The van der Waals surface area contributed by atoms with E-state index in [2.05, 4.69) is 11.4 Å². The van der Waals surface area contributed by atoms with E-state index in [0.717, 1.165) is 11.3 Å². The standard InChI is InChI=1S/C16H20N2O4S/c1-9(2)16(5,8-17)18-14(20)11(4)22-15(21)13-7-6-12(23-13)10(3)19/h6-7,9,11H,1-5H3,(H,18,20). The van der Waals surface area contributed by atoms with Crippen molar-refractivity contribution in [1.82, 2.24) is 5.32 Å². The second-order valence-corrected chi connectivity index (χ2v) is 6.81. The van der Waals surface area contributed by atoms with Crippen molar-refractivity contribution >= 4 is 29.0 Å². The van der Waals surface area contributed by atoms with Gasteiger partial charge < -0.3 is 10.1 Å². The van der Waals surface area contributed by atoms with Crippen LogP contribution in [0.1, 0.15) is 54.0 Å². The van der Waals surface area contributed by atoms with Crippen molar-refractivity contribution in [3.05, 3.63) is 21.9 Å². The number of rotatable bonds is 6. The zero-order chi connectivity index (χ0) is 17.8. The Morgan fingerprint density at radius 2 is 1.83 bits per heavy atom. The van der Waals surface area contributed by atoms with Crippen molar-refractivity contribution in [1.29, 1.82) is 5.26 Å². The molecule has 1 aromatic heterocycles. The van der Waals surface area contributed by atoms with Gasteiger partial charge in [-0.2, -0.15) is 5.26 Å². The summed E-state index contributed by atoms with van der Waals surface area (Å²) in [5.41, 5.74) is -1.04. The third-order valence-electron chi connectivity index (χ3n) is 3.58. The molecule has 1 heterocycles. The zero-order valence-electron chi connectivity index (χ0n) is 13.8. The van der Waals surface area contributed by atoms with Gasteiger partial charge in [0.05, 0.1) is 10.9 Å². The molecule has 7 heteroatoms. The molecule has 0 aromatic carbocycles. The molecule has 1 amide bonds. The third-order valence-corrected chi connectivity index (χ3v) is 4.74. The first-order chi connectivity index (χ1) is 10.6. The fourth-order valence-corrected chi connectivity index (χ4v) is 2.35. The number of amides is 1. The first-order valence-corrected chi connectivity index (χ1v) is 7.97. The van der Waals surface area contributed by atoms with E-state index >= 15 is 0 Å². The van der Waals surface area contributed by atoms with E-state index in [0.29, 0.717) is 4.88 Å². The molecule has 0 saturated heterocycles. The molecule has 0 aliphatic rings. The van der Waals surface area contributed by atoms with E-state index in [1.807, 2.05) is 13.8 Å². The van der Waals surface area contributed by atoms with Crippen LogP contribution in [0.3, 0.4) is 0 Å². The van der Waals surface area contributed by atoms with Crippen molar-refractivity contribution < 1.29 is 19.1 Å². The molecule has 1 aromatic rings. The molecule has 0 radical (unpaired) electrons. The lowest BCUT2D eigenvalue weighted by Gasteiger charge is -2.28. The Labute approximate surface area is 139 Å². The van der Waals surface area contributed by atoms with Gasteiger partial charge >= 0.3 is 5.97 Å². The predicted octanol–water partition coefficient (Wildman–Crippen LogP) is 2.55. The van der Waals surface area contributed by atoms with E-state index in [4.69, 9.17) is 4.74 Å². The number of carbonyl (C=O) groups excluding carboxylic acids is 3. The van der Waals surface area contributed by atoms with Crippen LogP contribution in [0.2, 0.25) is 0 Å². The van der Waals surface area contributed by atoms with Crippen molar-refractivity contribution in [3.63, 3.8) is 0 Å². The van der Waals surface area contributed by atoms with Crippen molar-refractivity contribution in [2.24, 2.45) is 5.92 Å². The van der Waals surface area contributed by atoms with Gasteiger partial charge in [-0.3, -0.25) is 9.59 Å². The Morgan fingerprint density at radius 3 is 2.26 bits per heavy atom. The van der Waals surface area contributed by atoms with E-state index in [9.17, 15) is 19.6 Å². The molecular weight excluding hydrogens is 316 g/mol. The topological polar surface area (TPSA) is 96.3 Å². The maximum atomic E-state index is 12.1. The molecule has 0 bridgehead atoms. The highest BCUT2D eigenvalue weighted by atomic mass is 32.1. The number of nitrogens with one attached hydrogen (secondary N) is 1. The maximum absolute atomic E-state index is 12.1. The summed E-state index contributed by atoms with van der Waals surface area (Å²) >= 11 is 1.02. The lowest BCUT2D eigenvalue weighted by molar-refractivity contribution is -0.130. The average Bonchev–Trinajstić information content (AvgIpc) is 2.96. The normalized spacial score (nSPS) is 14.5. The molecule has 0 aliphatic carbocycles. The summed E-state index contributed by atoms with van der Waals surface area (Å²) in [5.74, 6) is -1.45. The molecule has 23 heavy (non-hydrogen) atoms. The minimum absolute atomic E-state index is 0.102. The molecule has 2 atom stereocenters. The van der Waals surface area contributed by atoms with Crippen molar-refractivity contribution in [3.8, 4) is 6.07 Å². The lowest BCUT2D eigenvalue weighted by Crippen LogP contribution is -2.52. The highest BCUT2D eigenvalue weighted by Crippen LogP contribution is 2.19. The first-order valence-electron chi connectivity index (χ1n) is 7.15. The van der Waals surface area contributed by atoms with Gasteiger partial charge in [-0.1, -0.05) is 13.8 Å². The van der Waals surface area contributed by atoms with Crippen LogP contribution >= 0.6 is 11.3 Å². The van der Waals surface area contributed by atoms with Crippen molar-refractivity contribution in [2.75, 3.05) is 0 Å². The molecule has 0 fully saturated rings. The smallest absolute Gasteiger partial charge is 0.349 e. The zero-order valence-corrected chi connectivity index (χ0v) is 14.6. The fraction of sp³-hybridized carbons (Fsp3) is 0.500. The summed E-state index contributed by atoms with van der Waals surface area (Å²) in [7, 11) is 0. The number of hydrogen-bond donors (Lipinski definition) is 1. The summed E-state index contributed by atoms with van der Waals surface area (Å²) in [6, 6.07) is 5.09. The highest BCUT2D eigenvalue weighted by molar-refractivity contribution is 7.15. The van der Waals surface area contributed by atoms with E-state index < -0.39 is 23.5 Å². The number of esters is 1. The number of carbonyl (C=O) groups is 3. The van der Waals surface area contributed by atoms with Crippen LogP contribution in [-0.2, 0) is 9.53 Å². The van der Waals surface area contributed by atoms with Crippen LogP contribution in [-0.4, -0.2) is 29.3 Å². The van der Waals surface area contributed by atoms with Crippen LogP contribution in [0.15, 0.2) is 12.1 Å². The minimum atomic E-state index is -1.04. The number of Topliss-reactive ketones (excluding diaryl/α,β-unsaturated/α-hetero) is 1. The Morgan fingerprint density at radius 1 is 1.26 bits per heavy atom. The Bertz CT molecular complexity index is 659. The van der Waals surface area contributed by atoms with Gasteiger partial charge in [0.25, 0.3) is 5.91 Å². The lowest BCUT2D eigenvalue weighted by atomic mass is 9.90. The number of nitriles is 1. The van der Waals surface area contributed by atoms with Gasteiger partial charge in [-0.05, 0) is 38.8 Å². The van der Waals surface area contributed by atoms with Gasteiger partial charge in [-0.15, -0.1) is 11.3 Å². The summed E-state index contributed by atoms with van der Waals surface area (Å²) in [4.78, 5) is 36.0. The number of hydrogen-bond acceptors (Lipinski definition) is 6. The van der Waals surface area contributed by atoms with Crippen LogP contribution < -0.4 is 5.32 Å². The molecule has 0 saturated carbocycles. The van der Waals surface area contributed by atoms with Gasteiger partial charge in [0.2, 0.25) is 0 Å². The maximum Gasteiger partial charge on any atom is 0.349 e. The third kappa shape index (κ3) is 4.63. The van der Waals surface area contributed by atoms with Gasteiger partial charge in [0.15, 0.2) is 11.9 Å². The molecule has 124 valence electrons. The van der Waals surface area contributed by atoms with Crippen LogP contribution in [0.25, 0.3) is 0 Å². The van der Waals surface area contributed by atoms with E-state index in [1.54, 1.807) is 13.0 Å². The molecule has 1 N–H and O–H groups in total. The highest BCUT2D eigenvalue weighted by Gasteiger charge is 2.32. The van der Waals surface area contributed by atoms with Gasteiger partial charge in [0.1, 0.15) is 10.4 Å². The molecular formula is C16H20N2O4S. The minimum Gasteiger partial charge on any atom is -0.448 e. The van der Waals surface area contributed by atoms with Crippen molar-refractivity contribution in [2.45, 2.75) is 46.3 Å². The number of ketones is 1. The van der Waals surface area contributed by atoms with Crippen LogP contribution in [0.5, 0.6) is 0 Å². The van der Waals surface area contributed by atoms with Crippen LogP contribution in [0.4, 0.5) is 0 Å². The molecule has 2 unspecified atom stereocenters. The number of ether oxygens (including phenoxy) is 1. The Hall–Kier alpha value is -2.20. The fourth-order valence-electron chi connectivity index (χ4n) is 1.57. The second-order valence-electron chi connectivity index (χ2n) is 5.73. The van der Waals surface area contributed by atoms with Gasteiger partial charge in [-0.25, -0.2) is 4.79 Å².